The zero-order valence-electron chi connectivity index (χ0n) is 9.04. The van der Waals surface area contributed by atoms with E-state index in [1.54, 1.807) is 12.3 Å². The summed E-state index contributed by atoms with van der Waals surface area (Å²) in [6.45, 7) is 5.80. The van der Waals surface area contributed by atoms with Gasteiger partial charge in [0.1, 0.15) is 0 Å². The second-order valence-corrected chi connectivity index (χ2v) is 4.15. The molecule has 1 aliphatic heterocycles. The molecule has 4 heteroatoms. The number of nitrogens with one attached hydrogen (secondary N) is 2. The highest BCUT2D eigenvalue weighted by molar-refractivity contribution is 5.93. The summed E-state index contributed by atoms with van der Waals surface area (Å²) < 4.78 is 5.14. The van der Waals surface area contributed by atoms with Crippen LogP contribution in [0.5, 0.6) is 0 Å². The van der Waals surface area contributed by atoms with Crippen LogP contribution in [0.4, 0.5) is 0 Å². The van der Waals surface area contributed by atoms with Gasteiger partial charge in [-0.05, 0) is 25.5 Å². The molecule has 2 rings (SSSR count). The van der Waals surface area contributed by atoms with Crippen LogP contribution >= 0.6 is 0 Å². The average molecular weight is 208 g/mol. The number of furan rings is 1. The second-order valence-electron chi connectivity index (χ2n) is 4.15. The van der Waals surface area contributed by atoms with Gasteiger partial charge in [-0.15, -0.1) is 0 Å². The Kier molecular flexibility index (Phi) is 2.77. The number of amides is 1. The molecular formula is C11H16N2O2. The molecule has 2 heterocycles. The fraction of sp³-hybridized carbons (Fsp3) is 0.545. The van der Waals surface area contributed by atoms with Crippen LogP contribution in [0.25, 0.3) is 0 Å². The van der Waals surface area contributed by atoms with Crippen LogP contribution in [0, 0.1) is 12.8 Å². The number of hydrogen-bond acceptors (Lipinski definition) is 3. The van der Waals surface area contributed by atoms with Crippen molar-refractivity contribution in [2.45, 2.75) is 19.9 Å². The highest BCUT2D eigenvalue weighted by Crippen LogP contribution is 2.12. The lowest BCUT2D eigenvalue weighted by Crippen LogP contribution is -2.39. The van der Waals surface area contributed by atoms with E-state index in [1.807, 2.05) is 6.92 Å². The lowest BCUT2D eigenvalue weighted by Gasteiger charge is -2.15. The third-order valence-corrected chi connectivity index (χ3v) is 2.90. The first-order chi connectivity index (χ1) is 7.18. The van der Waals surface area contributed by atoms with Gasteiger partial charge in [0, 0.05) is 18.2 Å². The SMILES string of the molecule is Cc1ccoc1C(=O)NC1CNCC1C. The number of aryl methyl sites for hydroxylation is 1. The van der Waals surface area contributed by atoms with Crippen molar-refractivity contribution in [3.8, 4) is 0 Å². The van der Waals surface area contributed by atoms with Crippen molar-refractivity contribution in [1.29, 1.82) is 0 Å². The Hall–Kier alpha value is -1.29. The molecule has 1 amide bonds. The fourth-order valence-electron chi connectivity index (χ4n) is 1.84. The highest BCUT2D eigenvalue weighted by Gasteiger charge is 2.26. The Morgan fingerprint density at radius 1 is 1.60 bits per heavy atom. The second kappa shape index (κ2) is 4.06. The van der Waals surface area contributed by atoms with E-state index < -0.39 is 0 Å². The molecule has 2 unspecified atom stereocenters. The van der Waals surface area contributed by atoms with E-state index in [1.165, 1.54) is 0 Å². The molecule has 0 radical (unpaired) electrons. The van der Waals surface area contributed by atoms with E-state index in [0.29, 0.717) is 11.7 Å². The van der Waals surface area contributed by atoms with E-state index >= 15 is 0 Å². The molecule has 82 valence electrons. The van der Waals surface area contributed by atoms with Crippen LogP contribution in [-0.4, -0.2) is 25.0 Å². The maximum atomic E-state index is 11.8. The van der Waals surface area contributed by atoms with Crippen molar-refractivity contribution in [1.82, 2.24) is 10.6 Å². The van der Waals surface area contributed by atoms with Crippen molar-refractivity contribution in [3.05, 3.63) is 23.7 Å². The zero-order chi connectivity index (χ0) is 10.8. The summed E-state index contributed by atoms with van der Waals surface area (Å²) in [7, 11) is 0. The predicted octanol–water partition coefficient (Wildman–Crippen LogP) is 0.926. The van der Waals surface area contributed by atoms with Crippen molar-refractivity contribution in [2.24, 2.45) is 5.92 Å². The van der Waals surface area contributed by atoms with Crippen molar-refractivity contribution >= 4 is 5.91 Å². The van der Waals surface area contributed by atoms with Gasteiger partial charge < -0.3 is 15.1 Å². The van der Waals surface area contributed by atoms with Gasteiger partial charge in [-0.1, -0.05) is 6.92 Å². The molecule has 1 aliphatic rings. The summed E-state index contributed by atoms with van der Waals surface area (Å²) in [6.07, 6.45) is 1.54. The van der Waals surface area contributed by atoms with Crippen LogP contribution in [0.15, 0.2) is 16.7 Å². The molecule has 1 aromatic rings. The number of carbonyl (C=O) groups excluding carboxylic acids is 1. The molecular weight excluding hydrogens is 192 g/mol. The normalized spacial score (nSPS) is 25.5. The van der Waals surface area contributed by atoms with Gasteiger partial charge in [0.15, 0.2) is 5.76 Å². The third kappa shape index (κ3) is 2.04. The van der Waals surface area contributed by atoms with Crippen LogP contribution in [-0.2, 0) is 0 Å². The summed E-state index contributed by atoms with van der Waals surface area (Å²) in [5, 5.41) is 6.22. The number of hydrogen-bond donors (Lipinski definition) is 2. The van der Waals surface area contributed by atoms with E-state index in [9.17, 15) is 4.79 Å². The van der Waals surface area contributed by atoms with Crippen LogP contribution < -0.4 is 10.6 Å². The topological polar surface area (TPSA) is 54.3 Å². The van der Waals surface area contributed by atoms with Gasteiger partial charge in [-0.3, -0.25) is 4.79 Å². The van der Waals surface area contributed by atoms with Gasteiger partial charge in [0.25, 0.3) is 5.91 Å². The van der Waals surface area contributed by atoms with Crippen LogP contribution in [0.3, 0.4) is 0 Å². The fourth-order valence-corrected chi connectivity index (χ4v) is 1.84. The summed E-state index contributed by atoms with van der Waals surface area (Å²) >= 11 is 0. The molecule has 0 bridgehead atoms. The summed E-state index contributed by atoms with van der Waals surface area (Å²) in [6, 6.07) is 2.01. The molecule has 1 fully saturated rings. The van der Waals surface area contributed by atoms with Gasteiger partial charge in [-0.2, -0.15) is 0 Å². The number of carbonyl (C=O) groups is 1. The lowest BCUT2D eigenvalue weighted by molar-refractivity contribution is 0.0904. The Labute approximate surface area is 89.0 Å². The lowest BCUT2D eigenvalue weighted by atomic mass is 10.1. The van der Waals surface area contributed by atoms with E-state index in [-0.39, 0.29) is 11.9 Å². The molecule has 1 saturated heterocycles. The first-order valence-corrected chi connectivity index (χ1v) is 5.24. The maximum Gasteiger partial charge on any atom is 0.287 e. The Balaban J connectivity index is 2.01. The van der Waals surface area contributed by atoms with E-state index in [2.05, 4.69) is 17.6 Å². The maximum absolute atomic E-state index is 11.8. The average Bonchev–Trinajstić information content (AvgIpc) is 2.76. The molecule has 0 aliphatic carbocycles. The van der Waals surface area contributed by atoms with Gasteiger partial charge in [0.2, 0.25) is 0 Å². The predicted molar refractivity (Wildman–Crippen MR) is 56.7 cm³/mol. The summed E-state index contributed by atoms with van der Waals surface area (Å²) in [4.78, 5) is 11.8. The van der Waals surface area contributed by atoms with Gasteiger partial charge in [-0.25, -0.2) is 0 Å². The summed E-state index contributed by atoms with van der Waals surface area (Å²) in [5.74, 6) is 0.788. The molecule has 0 spiro atoms. The Bertz CT molecular complexity index is 359. The smallest absolute Gasteiger partial charge is 0.287 e. The van der Waals surface area contributed by atoms with E-state index in [4.69, 9.17) is 4.42 Å². The summed E-state index contributed by atoms with van der Waals surface area (Å²) in [5.41, 5.74) is 0.881. The third-order valence-electron chi connectivity index (χ3n) is 2.90. The van der Waals surface area contributed by atoms with Crippen molar-refractivity contribution in [3.63, 3.8) is 0 Å². The first kappa shape index (κ1) is 10.2. The van der Waals surface area contributed by atoms with Crippen molar-refractivity contribution in [2.75, 3.05) is 13.1 Å². The highest BCUT2D eigenvalue weighted by atomic mass is 16.3. The molecule has 2 N–H and O–H groups in total. The largest absolute Gasteiger partial charge is 0.459 e. The molecule has 0 aromatic carbocycles. The standard InChI is InChI=1S/C11H16N2O2/c1-7-3-4-15-10(7)11(14)13-9-6-12-5-8(9)2/h3-4,8-9,12H,5-6H2,1-2H3,(H,13,14). The van der Waals surface area contributed by atoms with Crippen LogP contribution in [0.2, 0.25) is 0 Å². The zero-order valence-corrected chi connectivity index (χ0v) is 9.04. The Morgan fingerprint density at radius 3 is 2.93 bits per heavy atom. The monoisotopic (exact) mass is 208 g/mol. The minimum Gasteiger partial charge on any atom is -0.459 e. The number of rotatable bonds is 2. The van der Waals surface area contributed by atoms with Gasteiger partial charge in [0.05, 0.1) is 6.26 Å². The Morgan fingerprint density at radius 2 is 2.40 bits per heavy atom. The molecule has 1 aromatic heterocycles. The quantitative estimate of drug-likeness (QED) is 0.760. The first-order valence-electron chi connectivity index (χ1n) is 5.24. The molecule has 2 atom stereocenters. The van der Waals surface area contributed by atoms with Crippen LogP contribution in [0.1, 0.15) is 23.0 Å². The van der Waals surface area contributed by atoms with E-state index in [0.717, 1.165) is 18.7 Å². The molecule has 15 heavy (non-hydrogen) atoms. The molecule has 4 nitrogen and oxygen atoms in total. The molecule has 0 saturated carbocycles. The minimum absolute atomic E-state index is 0.113. The minimum atomic E-state index is -0.113. The van der Waals surface area contributed by atoms with Gasteiger partial charge >= 0.3 is 0 Å². The van der Waals surface area contributed by atoms with Crippen molar-refractivity contribution < 1.29 is 9.21 Å².